The summed E-state index contributed by atoms with van der Waals surface area (Å²) in [7, 11) is 0. The van der Waals surface area contributed by atoms with E-state index < -0.39 is 0 Å². The Bertz CT molecular complexity index is 260. The molecule has 0 heterocycles. The Hall–Kier alpha value is -1.30. The molecule has 0 bridgehead atoms. The average Bonchev–Trinajstić information content (AvgIpc) is 2.51. The molecule has 1 aliphatic rings. The number of hydrogen-bond donors (Lipinski definition) is 1. The standard InChI is InChI=1S/C9H12N2O/c1-2-12-9(11)8-5-3-4-7(8)6-10/h11H,2-5H2,1H3. The fraction of sp³-hybridized carbons (Fsp3) is 0.556. The van der Waals surface area contributed by atoms with E-state index >= 15 is 0 Å². The first-order valence-electron chi connectivity index (χ1n) is 4.13. The van der Waals surface area contributed by atoms with Crippen LogP contribution in [0.5, 0.6) is 0 Å². The monoisotopic (exact) mass is 164 g/mol. The predicted molar refractivity (Wildman–Crippen MR) is 45.8 cm³/mol. The van der Waals surface area contributed by atoms with Gasteiger partial charge in [0.2, 0.25) is 5.90 Å². The molecule has 64 valence electrons. The normalized spacial score (nSPS) is 16.0. The molecule has 1 aliphatic carbocycles. The van der Waals surface area contributed by atoms with Crippen LogP contribution < -0.4 is 0 Å². The van der Waals surface area contributed by atoms with Crippen molar-refractivity contribution >= 4 is 5.90 Å². The summed E-state index contributed by atoms with van der Waals surface area (Å²) in [6, 6.07) is 2.11. The van der Waals surface area contributed by atoms with E-state index in [1.807, 2.05) is 6.92 Å². The summed E-state index contributed by atoms with van der Waals surface area (Å²) in [5, 5.41) is 16.2. The smallest absolute Gasteiger partial charge is 0.209 e. The molecule has 0 aliphatic heterocycles. The minimum absolute atomic E-state index is 0.187. The largest absolute Gasteiger partial charge is 0.478 e. The lowest BCUT2D eigenvalue weighted by molar-refractivity contribution is 0.324. The van der Waals surface area contributed by atoms with Gasteiger partial charge in [-0.25, -0.2) is 0 Å². The van der Waals surface area contributed by atoms with Gasteiger partial charge in [0.1, 0.15) is 0 Å². The van der Waals surface area contributed by atoms with Gasteiger partial charge >= 0.3 is 0 Å². The fourth-order valence-electron chi connectivity index (χ4n) is 1.35. The predicted octanol–water partition coefficient (Wildman–Crippen LogP) is 2.00. The van der Waals surface area contributed by atoms with Gasteiger partial charge in [-0.05, 0) is 26.2 Å². The third-order valence-electron chi connectivity index (χ3n) is 1.92. The van der Waals surface area contributed by atoms with Crippen LogP contribution in [0.4, 0.5) is 0 Å². The highest BCUT2D eigenvalue weighted by Gasteiger charge is 2.18. The maximum Gasteiger partial charge on any atom is 0.209 e. The summed E-state index contributed by atoms with van der Waals surface area (Å²) in [5.74, 6) is 0.187. The highest BCUT2D eigenvalue weighted by molar-refractivity contribution is 5.93. The van der Waals surface area contributed by atoms with Crippen LogP contribution in [0.15, 0.2) is 11.1 Å². The van der Waals surface area contributed by atoms with Crippen molar-refractivity contribution in [1.82, 2.24) is 0 Å². The van der Waals surface area contributed by atoms with E-state index in [0.717, 1.165) is 30.4 Å². The summed E-state index contributed by atoms with van der Waals surface area (Å²) in [6.07, 6.45) is 2.61. The van der Waals surface area contributed by atoms with Gasteiger partial charge in [0.15, 0.2) is 0 Å². The zero-order valence-corrected chi connectivity index (χ0v) is 7.18. The minimum Gasteiger partial charge on any atom is -0.478 e. The fourth-order valence-corrected chi connectivity index (χ4v) is 1.35. The van der Waals surface area contributed by atoms with Crippen LogP contribution in [0.25, 0.3) is 0 Å². The topological polar surface area (TPSA) is 56.9 Å². The Balaban J connectivity index is 2.73. The molecule has 3 heteroatoms. The maximum absolute atomic E-state index is 8.69. The van der Waals surface area contributed by atoms with Gasteiger partial charge in [0, 0.05) is 11.1 Å². The van der Waals surface area contributed by atoms with Crippen LogP contribution >= 0.6 is 0 Å². The van der Waals surface area contributed by atoms with Crippen molar-refractivity contribution in [3.63, 3.8) is 0 Å². The molecule has 0 unspecified atom stereocenters. The SMILES string of the molecule is CCOC(=N)C1=C(C#N)CCC1. The summed E-state index contributed by atoms with van der Waals surface area (Å²) >= 11 is 0. The van der Waals surface area contributed by atoms with Crippen LogP contribution in [0.3, 0.4) is 0 Å². The minimum atomic E-state index is 0.187. The summed E-state index contributed by atoms with van der Waals surface area (Å²) < 4.78 is 5.03. The molecule has 0 fully saturated rings. The number of nitriles is 1. The lowest BCUT2D eigenvalue weighted by atomic mass is 10.2. The van der Waals surface area contributed by atoms with E-state index in [9.17, 15) is 0 Å². The third-order valence-corrected chi connectivity index (χ3v) is 1.92. The van der Waals surface area contributed by atoms with E-state index in [1.165, 1.54) is 0 Å². The molecular weight excluding hydrogens is 152 g/mol. The second-order valence-corrected chi connectivity index (χ2v) is 2.68. The van der Waals surface area contributed by atoms with Crippen LogP contribution in [-0.2, 0) is 4.74 Å². The van der Waals surface area contributed by atoms with Crippen molar-refractivity contribution in [1.29, 1.82) is 10.7 Å². The van der Waals surface area contributed by atoms with Crippen molar-refractivity contribution in [2.75, 3.05) is 6.61 Å². The van der Waals surface area contributed by atoms with Crippen molar-refractivity contribution < 1.29 is 4.74 Å². The summed E-state index contributed by atoms with van der Waals surface area (Å²) in [4.78, 5) is 0. The lowest BCUT2D eigenvalue weighted by Crippen LogP contribution is -2.06. The van der Waals surface area contributed by atoms with Gasteiger partial charge in [0.05, 0.1) is 12.7 Å². The van der Waals surface area contributed by atoms with E-state index in [-0.39, 0.29) is 5.90 Å². The number of rotatable bonds is 2. The molecule has 0 aromatic carbocycles. The molecular formula is C9H12N2O. The Kier molecular flexibility index (Phi) is 2.87. The summed E-state index contributed by atoms with van der Waals surface area (Å²) in [6.45, 7) is 2.34. The lowest BCUT2D eigenvalue weighted by Gasteiger charge is -2.04. The van der Waals surface area contributed by atoms with Crippen LogP contribution in [0.2, 0.25) is 0 Å². The van der Waals surface area contributed by atoms with Gasteiger partial charge in [-0.2, -0.15) is 5.26 Å². The van der Waals surface area contributed by atoms with Gasteiger partial charge < -0.3 is 4.74 Å². The third kappa shape index (κ3) is 1.65. The zero-order chi connectivity index (χ0) is 8.97. The highest BCUT2D eigenvalue weighted by atomic mass is 16.5. The van der Waals surface area contributed by atoms with E-state index in [2.05, 4.69) is 6.07 Å². The molecule has 0 saturated heterocycles. The number of nitrogens with zero attached hydrogens (tertiary/aromatic N) is 1. The van der Waals surface area contributed by atoms with Crippen LogP contribution in [0, 0.1) is 16.7 Å². The second-order valence-electron chi connectivity index (χ2n) is 2.68. The number of allylic oxidation sites excluding steroid dienone is 1. The maximum atomic E-state index is 8.69. The first kappa shape index (κ1) is 8.79. The van der Waals surface area contributed by atoms with Gasteiger partial charge in [-0.1, -0.05) is 0 Å². The van der Waals surface area contributed by atoms with Gasteiger partial charge in [-0.3, -0.25) is 5.41 Å². The molecule has 0 radical (unpaired) electrons. The molecule has 0 aromatic heterocycles. The van der Waals surface area contributed by atoms with Gasteiger partial charge in [0.25, 0.3) is 0 Å². The van der Waals surface area contributed by atoms with Crippen molar-refractivity contribution in [2.45, 2.75) is 26.2 Å². The molecule has 0 atom stereocenters. The second kappa shape index (κ2) is 3.91. The average molecular weight is 164 g/mol. The molecule has 3 nitrogen and oxygen atoms in total. The number of hydrogen-bond acceptors (Lipinski definition) is 3. The molecule has 0 amide bonds. The Morgan fingerprint density at radius 2 is 2.42 bits per heavy atom. The van der Waals surface area contributed by atoms with Crippen molar-refractivity contribution in [3.05, 3.63) is 11.1 Å². The zero-order valence-electron chi connectivity index (χ0n) is 7.18. The Morgan fingerprint density at radius 3 is 3.00 bits per heavy atom. The quantitative estimate of drug-likeness (QED) is 0.501. The summed E-state index contributed by atoms with van der Waals surface area (Å²) in [5.41, 5.74) is 1.54. The van der Waals surface area contributed by atoms with Gasteiger partial charge in [-0.15, -0.1) is 0 Å². The molecule has 0 spiro atoms. The van der Waals surface area contributed by atoms with Crippen molar-refractivity contribution in [3.8, 4) is 6.07 Å². The molecule has 0 saturated carbocycles. The molecule has 1 N–H and O–H groups in total. The Morgan fingerprint density at radius 1 is 1.67 bits per heavy atom. The number of ether oxygens (including phenoxy) is 1. The van der Waals surface area contributed by atoms with E-state index in [1.54, 1.807) is 0 Å². The molecule has 0 aromatic rings. The van der Waals surface area contributed by atoms with Crippen LogP contribution in [-0.4, -0.2) is 12.5 Å². The van der Waals surface area contributed by atoms with Crippen molar-refractivity contribution in [2.24, 2.45) is 0 Å². The Labute approximate surface area is 72.2 Å². The molecule has 1 rings (SSSR count). The highest BCUT2D eigenvalue weighted by Crippen LogP contribution is 2.26. The van der Waals surface area contributed by atoms with E-state index in [4.69, 9.17) is 15.4 Å². The first-order valence-corrected chi connectivity index (χ1v) is 4.13. The van der Waals surface area contributed by atoms with E-state index in [0.29, 0.717) is 6.61 Å². The molecule has 12 heavy (non-hydrogen) atoms. The number of nitrogens with one attached hydrogen (secondary N) is 1. The first-order chi connectivity index (χ1) is 5.79. The van der Waals surface area contributed by atoms with Crippen LogP contribution in [0.1, 0.15) is 26.2 Å².